The fraction of sp³-hybridized carbons (Fsp3) is 0.273. The SMILES string of the molecule is Cc1cccc(C2/C(=C(/O)c3ccc(Cl)c(Cl)c3)C(=O)C(=O)N2CCN(C)C)c1. The Labute approximate surface area is 180 Å². The maximum Gasteiger partial charge on any atom is 0.295 e. The summed E-state index contributed by atoms with van der Waals surface area (Å²) in [7, 11) is 3.79. The van der Waals surface area contributed by atoms with E-state index in [0.29, 0.717) is 23.7 Å². The molecular formula is C22H22Cl2N2O3. The van der Waals surface area contributed by atoms with Crippen molar-refractivity contribution >= 4 is 40.7 Å². The van der Waals surface area contributed by atoms with Gasteiger partial charge in [-0.2, -0.15) is 0 Å². The zero-order valence-corrected chi connectivity index (χ0v) is 18.0. The van der Waals surface area contributed by atoms with E-state index in [-0.39, 0.29) is 16.4 Å². The Hall–Kier alpha value is -2.34. The number of amides is 1. The number of aryl methyl sites for hydroxylation is 1. The van der Waals surface area contributed by atoms with Crippen LogP contribution in [0.25, 0.3) is 5.76 Å². The molecule has 2 aromatic carbocycles. The van der Waals surface area contributed by atoms with Gasteiger partial charge in [0.25, 0.3) is 11.7 Å². The molecule has 29 heavy (non-hydrogen) atoms. The van der Waals surface area contributed by atoms with Gasteiger partial charge in [0, 0.05) is 18.7 Å². The predicted octanol–water partition coefficient (Wildman–Crippen LogP) is 4.29. The lowest BCUT2D eigenvalue weighted by molar-refractivity contribution is -0.140. The van der Waals surface area contributed by atoms with Crippen LogP contribution in [0.2, 0.25) is 10.0 Å². The van der Waals surface area contributed by atoms with Crippen LogP contribution >= 0.6 is 23.2 Å². The molecule has 7 heteroatoms. The van der Waals surface area contributed by atoms with Gasteiger partial charge in [-0.05, 0) is 44.8 Å². The van der Waals surface area contributed by atoms with Gasteiger partial charge in [0.1, 0.15) is 5.76 Å². The highest BCUT2D eigenvalue weighted by Gasteiger charge is 2.45. The van der Waals surface area contributed by atoms with Crippen molar-refractivity contribution in [1.82, 2.24) is 9.80 Å². The molecule has 0 bridgehead atoms. The third kappa shape index (κ3) is 4.32. The molecule has 0 saturated carbocycles. The van der Waals surface area contributed by atoms with E-state index in [1.807, 2.05) is 50.2 Å². The highest BCUT2D eigenvalue weighted by Crippen LogP contribution is 2.40. The van der Waals surface area contributed by atoms with E-state index in [2.05, 4.69) is 0 Å². The number of likely N-dealkylation sites (tertiary alicyclic amines) is 1. The van der Waals surface area contributed by atoms with E-state index in [9.17, 15) is 14.7 Å². The van der Waals surface area contributed by atoms with Crippen molar-refractivity contribution in [3.8, 4) is 0 Å². The Kier molecular flexibility index (Phi) is 6.32. The largest absolute Gasteiger partial charge is 0.507 e. The van der Waals surface area contributed by atoms with Crippen molar-refractivity contribution in [2.45, 2.75) is 13.0 Å². The summed E-state index contributed by atoms with van der Waals surface area (Å²) < 4.78 is 0. The highest BCUT2D eigenvalue weighted by atomic mass is 35.5. The van der Waals surface area contributed by atoms with E-state index >= 15 is 0 Å². The first-order valence-electron chi connectivity index (χ1n) is 9.16. The fourth-order valence-corrected chi connectivity index (χ4v) is 3.70. The Bertz CT molecular complexity index is 1000. The second-order valence-electron chi connectivity index (χ2n) is 7.34. The van der Waals surface area contributed by atoms with Gasteiger partial charge in [-0.3, -0.25) is 9.59 Å². The number of benzene rings is 2. The van der Waals surface area contributed by atoms with Crippen LogP contribution in [0.15, 0.2) is 48.0 Å². The molecule has 1 heterocycles. The molecule has 1 fully saturated rings. The van der Waals surface area contributed by atoms with Gasteiger partial charge in [0.15, 0.2) is 0 Å². The van der Waals surface area contributed by atoms with Gasteiger partial charge in [0.2, 0.25) is 0 Å². The summed E-state index contributed by atoms with van der Waals surface area (Å²) in [4.78, 5) is 29.2. The molecule has 152 valence electrons. The minimum absolute atomic E-state index is 0.0535. The minimum Gasteiger partial charge on any atom is -0.507 e. The first-order chi connectivity index (χ1) is 13.7. The monoisotopic (exact) mass is 432 g/mol. The fourth-order valence-electron chi connectivity index (χ4n) is 3.40. The molecule has 0 radical (unpaired) electrons. The number of aliphatic hydroxyl groups is 1. The smallest absolute Gasteiger partial charge is 0.295 e. The van der Waals surface area contributed by atoms with E-state index in [4.69, 9.17) is 23.2 Å². The summed E-state index contributed by atoms with van der Waals surface area (Å²) in [5, 5.41) is 11.6. The number of likely N-dealkylation sites (N-methyl/N-ethyl adjacent to an activating group) is 1. The van der Waals surface area contributed by atoms with Crippen molar-refractivity contribution < 1.29 is 14.7 Å². The quantitative estimate of drug-likeness (QED) is 0.434. The molecule has 1 N–H and O–H groups in total. The molecule has 1 aliphatic heterocycles. The maximum atomic E-state index is 12.9. The van der Waals surface area contributed by atoms with Crippen molar-refractivity contribution in [3.05, 3.63) is 74.8 Å². The number of rotatable bonds is 5. The van der Waals surface area contributed by atoms with Gasteiger partial charge >= 0.3 is 0 Å². The lowest BCUT2D eigenvalue weighted by atomic mass is 9.94. The number of aliphatic hydroxyl groups excluding tert-OH is 1. The Morgan fingerprint density at radius 3 is 2.45 bits per heavy atom. The van der Waals surface area contributed by atoms with E-state index in [0.717, 1.165) is 11.1 Å². The van der Waals surface area contributed by atoms with E-state index in [1.165, 1.54) is 11.0 Å². The number of hydrogen-bond acceptors (Lipinski definition) is 4. The minimum atomic E-state index is -0.709. The molecule has 5 nitrogen and oxygen atoms in total. The zero-order chi connectivity index (χ0) is 21.3. The molecule has 3 rings (SSSR count). The average molecular weight is 433 g/mol. The first kappa shape index (κ1) is 21.4. The summed E-state index contributed by atoms with van der Waals surface area (Å²) in [6.07, 6.45) is 0. The van der Waals surface area contributed by atoms with Crippen LogP contribution in [0.1, 0.15) is 22.7 Å². The van der Waals surface area contributed by atoms with Crippen LogP contribution in [0.5, 0.6) is 0 Å². The Morgan fingerprint density at radius 2 is 1.83 bits per heavy atom. The van der Waals surface area contributed by atoms with Gasteiger partial charge in [-0.15, -0.1) is 0 Å². The lowest BCUT2D eigenvalue weighted by Gasteiger charge is -2.26. The summed E-state index contributed by atoms with van der Waals surface area (Å²) in [6.45, 7) is 2.88. The number of hydrogen-bond donors (Lipinski definition) is 1. The maximum absolute atomic E-state index is 12.9. The number of halogens is 2. The topological polar surface area (TPSA) is 60.9 Å². The molecule has 1 aliphatic rings. The van der Waals surface area contributed by atoms with Gasteiger partial charge < -0.3 is 14.9 Å². The predicted molar refractivity (Wildman–Crippen MR) is 115 cm³/mol. The number of ketones is 1. The van der Waals surface area contributed by atoms with Crippen LogP contribution in [0, 0.1) is 6.92 Å². The van der Waals surface area contributed by atoms with Crippen molar-refractivity contribution in [1.29, 1.82) is 0 Å². The van der Waals surface area contributed by atoms with E-state index in [1.54, 1.807) is 12.1 Å². The van der Waals surface area contributed by atoms with Crippen LogP contribution in [-0.2, 0) is 9.59 Å². The van der Waals surface area contributed by atoms with Gasteiger partial charge in [0.05, 0.1) is 21.7 Å². The van der Waals surface area contributed by atoms with Gasteiger partial charge in [-0.25, -0.2) is 0 Å². The van der Waals surface area contributed by atoms with E-state index < -0.39 is 17.7 Å². The summed E-state index contributed by atoms with van der Waals surface area (Å²) in [5.41, 5.74) is 2.15. The third-order valence-electron chi connectivity index (χ3n) is 4.88. The first-order valence-corrected chi connectivity index (χ1v) is 9.91. The van der Waals surface area contributed by atoms with Crippen molar-refractivity contribution in [3.63, 3.8) is 0 Å². The number of carbonyl (C=O) groups is 2. The Morgan fingerprint density at radius 1 is 1.10 bits per heavy atom. The van der Waals surface area contributed by atoms with Crippen molar-refractivity contribution in [2.75, 3.05) is 27.2 Å². The molecule has 0 spiro atoms. The van der Waals surface area contributed by atoms with Crippen LogP contribution in [0.4, 0.5) is 0 Å². The molecule has 0 aromatic heterocycles. The second kappa shape index (κ2) is 8.57. The number of nitrogens with zero attached hydrogens (tertiary/aromatic N) is 2. The number of carbonyl (C=O) groups excluding carboxylic acids is 2. The molecule has 1 saturated heterocycles. The summed E-state index contributed by atoms with van der Waals surface area (Å²) in [5.74, 6) is -1.60. The normalized spacial score (nSPS) is 18.7. The zero-order valence-electron chi connectivity index (χ0n) is 16.4. The molecule has 0 aliphatic carbocycles. The van der Waals surface area contributed by atoms with Gasteiger partial charge in [-0.1, -0.05) is 53.0 Å². The third-order valence-corrected chi connectivity index (χ3v) is 5.62. The molecule has 1 unspecified atom stereocenters. The number of Topliss-reactive ketones (excluding diaryl/α,β-unsaturated/α-hetero) is 1. The Balaban J connectivity index is 2.17. The molecule has 1 amide bonds. The highest BCUT2D eigenvalue weighted by molar-refractivity contribution is 6.46. The second-order valence-corrected chi connectivity index (χ2v) is 8.15. The average Bonchev–Trinajstić information content (AvgIpc) is 2.92. The molecule has 2 aromatic rings. The van der Waals surface area contributed by atoms with Crippen molar-refractivity contribution in [2.24, 2.45) is 0 Å². The molecule has 1 atom stereocenters. The molecular weight excluding hydrogens is 411 g/mol. The van der Waals surface area contributed by atoms with Crippen LogP contribution < -0.4 is 0 Å². The standard InChI is InChI=1S/C22H22Cl2N2O3/c1-13-5-4-6-14(11-13)19-18(20(27)15-7-8-16(23)17(24)12-15)21(28)22(29)26(19)10-9-25(2)3/h4-8,11-12,19,27H,9-10H2,1-3H3/b20-18-. The summed E-state index contributed by atoms with van der Waals surface area (Å²) in [6, 6.07) is 11.5. The summed E-state index contributed by atoms with van der Waals surface area (Å²) >= 11 is 12.1. The van der Waals surface area contributed by atoms with Crippen LogP contribution in [-0.4, -0.2) is 53.8 Å². The van der Waals surface area contributed by atoms with Crippen LogP contribution in [0.3, 0.4) is 0 Å². The lowest BCUT2D eigenvalue weighted by Crippen LogP contribution is -2.35.